The highest BCUT2D eigenvalue weighted by atomic mass is 32.1. The number of nitrogens with two attached hydrogens (primary N) is 1. The molecular weight excluding hydrogens is 256 g/mol. The molecule has 3 unspecified atom stereocenters. The lowest BCUT2D eigenvalue weighted by Crippen LogP contribution is -2.45. The summed E-state index contributed by atoms with van der Waals surface area (Å²) in [4.78, 5) is 14.3. The molecule has 2 heterocycles. The minimum Gasteiger partial charge on any atom is -0.327 e. The van der Waals surface area contributed by atoms with Gasteiger partial charge in [0.1, 0.15) is 5.01 Å². The Morgan fingerprint density at radius 1 is 1.26 bits per heavy atom. The summed E-state index contributed by atoms with van der Waals surface area (Å²) in [6.07, 6.45) is 5.62. The second-order valence-corrected chi connectivity index (χ2v) is 7.15. The van der Waals surface area contributed by atoms with Gasteiger partial charge in [0.25, 0.3) is 0 Å². The van der Waals surface area contributed by atoms with Crippen LogP contribution < -0.4 is 5.73 Å². The molecule has 1 aliphatic carbocycles. The van der Waals surface area contributed by atoms with Gasteiger partial charge in [0, 0.05) is 24.4 Å². The molecule has 102 valence electrons. The lowest BCUT2D eigenvalue weighted by molar-refractivity contribution is 0.0992. The number of hydrogen-bond donors (Lipinski definition) is 1. The third kappa shape index (κ3) is 2.05. The molecule has 2 aromatic rings. The molecule has 4 nitrogen and oxygen atoms in total. The van der Waals surface area contributed by atoms with Crippen molar-refractivity contribution in [2.45, 2.75) is 45.6 Å². The van der Waals surface area contributed by atoms with E-state index < -0.39 is 0 Å². The van der Waals surface area contributed by atoms with Gasteiger partial charge in [-0.3, -0.25) is 0 Å². The van der Waals surface area contributed by atoms with Crippen molar-refractivity contribution >= 4 is 21.8 Å². The summed E-state index contributed by atoms with van der Waals surface area (Å²) in [5.41, 5.74) is 7.18. The maximum Gasteiger partial charge on any atom is 0.189 e. The van der Waals surface area contributed by atoms with Gasteiger partial charge in [0.2, 0.25) is 0 Å². The fourth-order valence-electron chi connectivity index (χ4n) is 3.13. The second kappa shape index (κ2) is 4.49. The van der Waals surface area contributed by atoms with Crippen LogP contribution in [0.1, 0.15) is 44.5 Å². The number of nitrogens with zero attached hydrogens (tertiary/aromatic N) is 3. The van der Waals surface area contributed by atoms with Crippen LogP contribution >= 0.6 is 11.3 Å². The van der Waals surface area contributed by atoms with Gasteiger partial charge in [0.15, 0.2) is 10.5 Å². The van der Waals surface area contributed by atoms with Crippen molar-refractivity contribution in [3.05, 3.63) is 17.4 Å². The normalized spacial score (nSPS) is 30.6. The van der Waals surface area contributed by atoms with E-state index in [1.54, 1.807) is 23.7 Å². The van der Waals surface area contributed by atoms with Gasteiger partial charge < -0.3 is 5.73 Å². The van der Waals surface area contributed by atoms with E-state index in [0.29, 0.717) is 17.9 Å². The summed E-state index contributed by atoms with van der Waals surface area (Å²) in [6, 6.07) is 0.303. The van der Waals surface area contributed by atoms with E-state index in [1.807, 2.05) is 0 Å². The van der Waals surface area contributed by atoms with Crippen LogP contribution in [0.5, 0.6) is 0 Å². The zero-order valence-electron chi connectivity index (χ0n) is 11.6. The first kappa shape index (κ1) is 12.9. The van der Waals surface area contributed by atoms with Gasteiger partial charge in [-0.05, 0) is 24.2 Å². The van der Waals surface area contributed by atoms with Gasteiger partial charge in [-0.1, -0.05) is 32.1 Å². The molecule has 0 aromatic carbocycles. The average Bonchev–Trinajstić information content (AvgIpc) is 2.79. The van der Waals surface area contributed by atoms with Gasteiger partial charge >= 0.3 is 0 Å². The molecule has 0 aliphatic heterocycles. The SMILES string of the molecule is CC1C(N)CCC(c2nc3nccnc3s2)C1(C)C. The second-order valence-electron chi connectivity index (χ2n) is 6.14. The van der Waals surface area contributed by atoms with E-state index in [2.05, 4.69) is 30.7 Å². The van der Waals surface area contributed by atoms with Crippen molar-refractivity contribution < 1.29 is 0 Å². The van der Waals surface area contributed by atoms with E-state index in [9.17, 15) is 0 Å². The maximum absolute atomic E-state index is 6.23. The first-order valence-corrected chi connectivity index (χ1v) is 7.65. The standard InChI is InChI=1S/C14H20N4S/c1-8-10(15)5-4-9(14(8,2)3)12-18-11-13(19-12)17-7-6-16-11/h6-10H,4-5,15H2,1-3H3. The Hall–Kier alpha value is -1.07. The topological polar surface area (TPSA) is 64.7 Å². The van der Waals surface area contributed by atoms with Crippen molar-refractivity contribution in [2.24, 2.45) is 17.1 Å². The fourth-order valence-corrected chi connectivity index (χ4v) is 4.33. The monoisotopic (exact) mass is 276 g/mol. The summed E-state index contributed by atoms with van der Waals surface area (Å²) in [7, 11) is 0. The number of thiazole rings is 1. The Balaban J connectivity index is 2.01. The third-order valence-corrected chi connectivity index (χ3v) is 5.93. The van der Waals surface area contributed by atoms with Crippen LogP contribution in [0.15, 0.2) is 12.4 Å². The Kier molecular flexibility index (Phi) is 3.06. The van der Waals surface area contributed by atoms with Gasteiger partial charge in [-0.25, -0.2) is 15.0 Å². The summed E-state index contributed by atoms with van der Waals surface area (Å²) in [5, 5.41) is 1.17. The number of hydrogen-bond acceptors (Lipinski definition) is 5. The van der Waals surface area contributed by atoms with Gasteiger partial charge in [-0.2, -0.15) is 0 Å². The molecular formula is C14H20N4S. The zero-order chi connectivity index (χ0) is 13.6. The van der Waals surface area contributed by atoms with Crippen LogP contribution in [0.4, 0.5) is 0 Å². The molecule has 0 bridgehead atoms. The molecule has 3 atom stereocenters. The van der Waals surface area contributed by atoms with E-state index in [-0.39, 0.29) is 5.41 Å². The van der Waals surface area contributed by atoms with Crippen molar-refractivity contribution in [3.63, 3.8) is 0 Å². The predicted molar refractivity (Wildman–Crippen MR) is 78.1 cm³/mol. The summed E-state index contributed by atoms with van der Waals surface area (Å²) >= 11 is 1.68. The Bertz CT molecular complexity index is 559. The van der Waals surface area contributed by atoms with Crippen molar-refractivity contribution in [3.8, 4) is 0 Å². The summed E-state index contributed by atoms with van der Waals surface area (Å²) in [6.45, 7) is 6.89. The Labute approximate surface area is 117 Å². The van der Waals surface area contributed by atoms with Crippen LogP contribution in [0, 0.1) is 11.3 Å². The molecule has 5 heteroatoms. The summed E-state index contributed by atoms with van der Waals surface area (Å²) < 4.78 is 0. The highest BCUT2D eigenvalue weighted by molar-refractivity contribution is 7.18. The zero-order valence-corrected chi connectivity index (χ0v) is 12.4. The molecule has 0 radical (unpaired) electrons. The fraction of sp³-hybridized carbons (Fsp3) is 0.643. The molecule has 1 aliphatic rings. The molecule has 0 saturated heterocycles. The van der Waals surface area contributed by atoms with Crippen molar-refractivity contribution in [1.29, 1.82) is 0 Å². The highest BCUT2D eigenvalue weighted by Gasteiger charge is 2.43. The third-order valence-electron chi connectivity index (χ3n) is 4.86. The van der Waals surface area contributed by atoms with Gasteiger partial charge in [0.05, 0.1) is 0 Å². The minimum atomic E-state index is 0.172. The largest absolute Gasteiger partial charge is 0.327 e. The van der Waals surface area contributed by atoms with Crippen LogP contribution in [0.3, 0.4) is 0 Å². The van der Waals surface area contributed by atoms with Crippen LogP contribution in [-0.4, -0.2) is 21.0 Å². The first-order chi connectivity index (χ1) is 9.00. The number of fused-ring (bicyclic) bond motifs is 1. The lowest BCUT2D eigenvalue weighted by atomic mass is 9.61. The molecule has 2 N–H and O–H groups in total. The molecule has 1 fully saturated rings. The molecule has 0 spiro atoms. The summed E-state index contributed by atoms with van der Waals surface area (Å²) in [5.74, 6) is 0.961. The van der Waals surface area contributed by atoms with Crippen LogP contribution in [-0.2, 0) is 0 Å². The van der Waals surface area contributed by atoms with Gasteiger partial charge in [-0.15, -0.1) is 0 Å². The van der Waals surface area contributed by atoms with Crippen molar-refractivity contribution in [1.82, 2.24) is 15.0 Å². The van der Waals surface area contributed by atoms with E-state index in [1.165, 1.54) is 5.01 Å². The molecule has 19 heavy (non-hydrogen) atoms. The Morgan fingerprint density at radius 3 is 2.74 bits per heavy atom. The quantitative estimate of drug-likeness (QED) is 0.869. The lowest BCUT2D eigenvalue weighted by Gasteiger charge is -2.46. The van der Waals surface area contributed by atoms with Crippen LogP contribution in [0.25, 0.3) is 10.5 Å². The van der Waals surface area contributed by atoms with E-state index in [4.69, 9.17) is 10.7 Å². The maximum atomic E-state index is 6.23. The molecule has 2 aromatic heterocycles. The van der Waals surface area contributed by atoms with E-state index >= 15 is 0 Å². The highest BCUT2D eigenvalue weighted by Crippen LogP contribution is 2.50. The number of rotatable bonds is 1. The smallest absolute Gasteiger partial charge is 0.189 e. The molecule has 1 saturated carbocycles. The predicted octanol–water partition coefficient (Wildman–Crippen LogP) is 2.95. The Morgan fingerprint density at radius 2 is 2.00 bits per heavy atom. The van der Waals surface area contributed by atoms with E-state index in [0.717, 1.165) is 23.3 Å². The average molecular weight is 276 g/mol. The number of aromatic nitrogens is 3. The minimum absolute atomic E-state index is 0.172. The first-order valence-electron chi connectivity index (χ1n) is 6.83. The molecule has 3 rings (SSSR count). The van der Waals surface area contributed by atoms with Crippen LogP contribution in [0.2, 0.25) is 0 Å². The van der Waals surface area contributed by atoms with Crippen molar-refractivity contribution in [2.75, 3.05) is 0 Å². The molecule has 0 amide bonds.